The lowest BCUT2D eigenvalue weighted by Gasteiger charge is -2.47. The zero-order chi connectivity index (χ0) is 26.5. The van der Waals surface area contributed by atoms with Crippen molar-refractivity contribution in [3.8, 4) is 5.69 Å². The number of rotatable bonds is 6. The molecule has 37 heavy (non-hydrogen) atoms. The first-order valence-electron chi connectivity index (χ1n) is 12.0. The Hall–Kier alpha value is -3.67. The summed E-state index contributed by atoms with van der Waals surface area (Å²) in [6.07, 6.45) is 0.491. The van der Waals surface area contributed by atoms with Crippen LogP contribution in [0.2, 0.25) is 0 Å². The van der Waals surface area contributed by atoms with E-state index >= 15 is 0 Å². The standard InChI is InChI=1S/C25H28F3N7O2/c1-15(2)21-24(12-37-13-24)33(4)23(36)35(21)20-9-10-29-22(32-20)31-16(3)19-11-34(14-30-19)18-7-5-17(6-8-18)25(26,27)28/h5-11,14-16,21H,12-13H2,1-4H3,(H,29,31,32)/t16-,21?/m0/s1. The molecule has 0 saturated carbocycles. The van der Waals surface area contributed by atoms with Crippen molar-refractivity contribution in [1.29, 1.82) is 0 Å². The van der Waals surface area contributed by atoms with Crippen LogP contribution in [0.15, 0.2) is 49.1 Å². The number of imidazole rings is 1. The molecule has 5 rings (SSSR count). The van der Waals surface area contributed by atoms with Gasteiger partial charge in [-0.1, -0.05) is 13.8 Å². The molecule has 1 N–H and O–H groups in total. The summed E-state index contributed by atoms with van der Waals surface area (Å²) < 4.78 is 45.7. The van der Waals surface area contributed by atoms with Gasteiger partial charge in [0.2, 0.25) is 5.95 Å². The third kappa shape index (κ3) is 4.28. The minimum atomic E-state index is -4.39. The molecule has 0 bridgehead atoms. The van der Waals surface area contributed by atoms with Gasteiger partial charge in [0.1, 0.15) is 11.4 Å². The number of hydrogen-bond acceptors (Lipinski definition) is 6. The molecule has 2 amide bonds. The van der Waals surface area contributed by atoms with E-state index in [4.69, 9.17) is 4.74 Å². The minimum absolute atomic E-state index is 0.0987. The van der Waals surface area contributed by atoms with Gasteiger partial charge in [0.15, 0.2) is 0 Å². The highest BCUT2D eigenvalue weighted by molar-refractivity contribution is 5.95. The summed E-state index contributed by atoms with van der Waals surface area (Å²) in [5.74, 6) is 1.01. The fraction of sp³-hybridized carbons (Fsp3) is 0.440. The van der Waals surface area contributed by atoms with Gasteiger partial charge in [-0.05, 0) is 43.2 Å². The number of amides is 2. The van der Waals surface area contributed by atoms with Crippen LogP contribution in [0.4, 0.5) is 29.7 Å². The van der Waals surface area contributed by atoms with E-state index in [1.165, 1.54) is 12.1 Å². The van der Waals surface area contributed by atoms with Crippen LogP contribution in [-0.2, 0) is 10.9 Å². The highest BCUT2D eigenvalue weighted by Crippen LogP contribution is 2.43. The van der Waals surface area contributed by atoms with Crippen molar-refractivity contribution in [3.63, 3.8) is 0 Å². The smallest absolute Gasteiger partial charge is 0.376 e. The van der Waals surface area contributed by atoms with Gasteiger partial charge in [-0.25, -0.2) is 14.8 Å². The quantitative estimate of drug-likeness (QED) is 0.520. The normalized spacial score (nSPS) is 20.0. The van der Waals surface area contributed by atoms with Crippen LogP contribution in [0.25, 0.3) is 5.69 Å². The van der Waals surface area contributed by atoms with E-state index in [9.17, 15) is 18.0 Å². The lowest BCUT2D eigenvalue weighted by atomic mass is 9.81. The van der Waals surface area contributed by atoms with Gasteiger partial charge in [0, 0.05) is 25.1 Å². The van der Waals surface area contributed by atoms with Crippen LogP contribution in [0.1, 0.15) is 38.1 Å². The Balaban J connectivity index is 1.34. The van der Waals surface area contributed by atoms with Crippen LogP contribution in [-0.4, -0.2) is 62.3 Å². The fourth-order valence-electron chi connectivity index (χ4n) is 5.09. The van der Waals surface area contributed by atoms with Gasteiger partial charge >= 0.3 is 12.2 Å². The maximum Gasteiger partial charge on any atom is 0.416 e. The lowest BCUT2D eigenvalue weighted by molar-refractivity contribution is -0.137. The van der Waals surface area contributed by atoms with Gasteiger partial charge < -0.3 is 19.5 Å². The van der Waals surface area contributed by atoms with Crippen molar-refractivity contribution < 1.29 is 22.7 Å². The second-order valence-electron chi connectivity index (χ2n) is 9.85. The van der Waals surface area contributed by atoms with E-state index in [-0.39, 0.29) is 29.6 Å². The highest BCUT2D eigenvalue weighted by atomic mass is 19.4. The molecule has 3 aromatic rings. The first-order chi connectivity index (χ1) is 17.5. The molecule has 2 atom stereocenters. The molecule has 2 aromatic heterocycles. The molecule has 9 nitrogen and oxygen atoms in total. The molecule has 1 spiro atoms. The molecule has 2 saturated heterocycles. The van der Waals surface area contributed by atoms with Crippen LogP contribution in [0, 0.1) is 5.92 Å². The fourth-order valence-corrected chi connectivity index (χ4v) is 5.09. The number of urea groups is 1. The van der Waals surface area contributed by atoms with Gasteiger partial charge in [-0.3, -0.25) is 4.90 Å². The van der Waals surface area contributed by atoms with Crippen molar-refractivity contribution in [1.82, 2.24) is 24.4 Å². The third-order valence-electron chi connectivity index (χ3n) is 7.10. The van der Waals surface area contributed by atoms with Crippen molar-refractivity contribution in [2.45, 2.75) is 44.6 Å². The van der Waals surface area contributed by atoms with E-state index in [1.807, 2.05) is 6.92 Å². The SMILES string of the molecule is CC(C)C1N(c2ccnc(N[C@@H](C)c3cn(-c4ccc(C(F)(F)F)cc4)cn3)n2)C(=O)N(C)C12COC2. The number of hydrogen-bond donors (Lipinski definition) is 1. The number of ether oxygens (including phenoxy) is 1. The zero-order valence-corrected chi connectivity index (χ0v) is 20.9. The number of anilines is 2. The number of alkyl halides is 3. The van der Waals surface area contributed by atoms with E-state index in [2.05, 4.69) is 34.1 Å². The minimum Gasteiger partial charge on any atom is -0.376 e. The summed E-state index contributed by atoms with van der Waals surface area (Å²) in [7, 11) is 1.80. The molecule has 0 radical (unpaired) electrons. The monoisotopic (exact) mass is 515 g/mol. The molecule has 196 valence electrons. The molecule has 2 aliphatic rings. The van der Waals surface area contributed by atoms with Crippen molar-refractivity contribution in [2.24, 2.45) is 5.92 Å². The van der Waals surface area contributed by atoms with Gasteiger partial charge in [0.25, 0.3) is 0 Å². The molecule has 2 aliphatic heterocycles. The number of likely N-dealkylation sites (N-methyl/N-ethyl adjacent to an activating group) is 1. The third-order valence-corrected chi connectivity index (χ3v) is 7.10. The molecular formula is C25H28F3N7O2. The van der Waals surface area contributed by atoms with E-state index in [0.29, 0.717) is 36.4 Å². The van der Waals surface area contributed by atoms with E-state index in [1.54, 1.807) is 46.2 Å². The summed E-state index contributed by atoms with van der Waals surface area (Å²) in [5, 5.41) is 3.21. The molecular weight excluding hydrogens is 487 g/mol. The Morgan fingerprint density at radius 3 is 2.41 bits per heavy atom. The lowest BCUT2D eigenvalue weighted by Crippen LogP contribution is -2.65. The second kappa shape index (κ2) is 9.02. The number of carbonyl (C=O) groups excluding carboxylic acids is 1. The van der Waals surface area contributed by atoms with Gasteiger partial charge in [-0.2, -0.15) is 18.2 Å². The summed E-state index contributed by atoms with van der Waals surface area (Å²) >= 11 is 0. The van der Waals surface area contributed by atoms with Crippen LogP contribution < -0.4 is 10.2 Å². The highest BCUT2D eigenvalue weighted by Gasteiger charge is 2.61. The van der Waals surface area contributed by atoms with Gasteiger partial charge in [0.05, 0.1) is 42.9 Å². The molecule has 1 unspecified atom stereocenters. The molecule has 4 heterocycles. The largest absolute Gasteiger partial charge is 0.416 e. The first kappa shape index (κ1) is 25.0. The number of aromatic nitrogens is 4. The van der Waals surface area contributed by atoms with Crippen LogP contribution in [0.3, 0.4) is 0 Å². The Morgan fingerprint density at radius 2 is 1.81 bits per heavy atom. The number of benzene rings is 1. The van der Waals surface area contributed by atoms with Crippen LogP contribution in [0.5, 0.6) is 0 Å². The molecule has 0 aliphatic carbocycles. The Kier molecular flexibility index (Phi) is 6.09. The molecule has 12 heteroatoms. The number of halogens is 3. The first-order valence-corrected chi connectivity index (χ1v) is 12.0. The number of carbonyl (C=O) groups is 1. The average Bonchev–Trinajstić information content (AvgIpc) is 3.41. The predicted molar refractivity (Wildman–Crippen MR) is 130 cm³/mol. The Morgan fingerprint density at radius 1 is 1.11 bits per heavy atom. The molecule has 1 aromatic carbocycles. The van der Waals surface area contributed by atoms with Crippen molar-refractivity contribution in [2.75, 3.05) is 30.5 Å². The topological polar surface area (TPSA) is 88.4 Å². The van der Waals surface area contributed by atoms with Crippen LogP contribution >= 0.6 is 0 Å². The summed E-state index contributed by atoms with van der Waals surface area (Å²) in [6, 6.07) is 6.05. The maximum atomic E-state index is 13.2. The number of nitrogens with zero attached hydrogens (tertiary/aromatic N) is 6. The van der Waals surface area contributed by atoms with E-state index in [0.717, 1.165) is 12.1 Å². The molecule has 2 fully saturated rings. The van der Waals surface area contributed by atoms with Crippen molar-refractivity contribution >= 4 is 17.8 Å². The summed E-state index contributed by atoms with van der Waals surface area (Å²) in [5.41, 5.74) is 0.128. The maximum absolute atomic E-state index is 13.2. The Bertz CT molecular complexity index is 1290. The summed E-state index contributed by atoms with van der Waals surface area (Å²) in [4.78, 5) is 30.1. The second-order valence-corrected chi connectivity index (χ2v) is 9.85. The van der Waals surface area contributed by atoms with E-state index < -0.39 is 11.7 Å². The number of nitrogens with one attached hydrogen (secondary N) is 1. The average molecular weight is 516 g/mol. The predicted octanol–water partition coefficient (Wildman–Crippen LogP) is 4.52. The van der Waals surface area contributed by atoms with Crippen molar-refractivity contribution in [3.05, 3.63) is 60.3 Å². The summed E-state index contributed by atoms with van der Waals surface area (Å²) in [6.45, 7) is 7.02. The Labute approximate surface area is 212 Å². The van der Waals surface area contributed by atoms with Gasteiger partial charge in [-0.15, -0.1) is 0 Å². The zero-order valence-electron chi connectivity index (χ0n) is 20.9.